The summed E-state index contributed by atoms with van der Waals surface area (Å²) < 4.78 is 17.0. The number of amides is 1. The van der Waals surface area contributed by atoms with Crippen LogP contribution in [0.15, 0.2) is 72.3 Å². The molecule has 0 N–H and O–H groups in total. The number of benzene rings is 3. The summed E-state index contributed by atoms with van der Waals surface area (Å²) in [5.41, 5.74) is 2.53. The quantitative estimate of drug-likeness (QED) is 0.220. The van der Waals surface area contributed by atoms with E-state index in [1.54, 1.807) is 17.0 Å². The molecule has 0 spiro atoms. The highest BCUT2D eigenvalue weighted by Gasteiger charge is 2.26. The predicted octanol–water partition coefficient (Wildman–Crippen LogP) is 5.69. The number of methoxy groups -OCH3 is 1. The van der Waals surface area contributed by atoms with Crippen molar-refractivity contribution in [2.24, 2.45) is 0 Å². The Bertz CT molecular complexity index is 1270. The van der Waals surface area contributed by atoms with Crippen LogP contribution in [0.2, 0.25) is 5.02 Å². The Hall–Kier alpha value is -3.95. The summed E-state index contributed by atoms with van der Waals surface area (Å²) >= 11 is 6.48. The normalized spacial score (nSPS) is 12.6. The summed E-state index contributed by atoms with van der Waals surface area (Å²) in [5, 5.41) is 10.0. The summed E-state index contributed by atoms with van der Waals surface area (Å²) in [5.74, 6) is 1.29. The van der Waals surface area contributed by atoms with Crippen LogP contribution in [0.25, 0.3) is 6.08 Å². The van der Waals surface area contributed by atoms with Crippen LogP contribution in [-0.4, -0.2) is 32.8 Å². The Morgan fingerprint density at radius 2 is 1.83 bits per heavy atom. The number of anilines is 1. The van der Waals surface area contributed by atoms with Crippen molar-refractivity contribution in [3.8, 4) is 23.3 Å². The number of fused-ring (bicyclic) bond motifs is 1. The lowest BCUT2D eigenvalue weighted by atomic mass is 10.1. The molecule has 1 amide bonds. The van der Waals surface area contributed by atoms with E-state index in [9.17, 15) is 10.1 Å². The number of hydrogen-bond donors (Lipinski definition) is 0. The fourth-order valence-electron chi connectivity index (χ4n) is 3.91. The molecule has 0 atom stereocenters. The molecule has 0 saturated heterocycles. The summed E-state index contributed by atoms with van der Waals surface area (Å²) in [4.78, 5) is 14.7. The summed E-state index contributed by atoms with van der Waals surface area (Å²) in [7, 11) is 1.52. The molecule has 1 aliphatic heterocycles. The number of halogens is 1. The van der Waals surface area contributed by atoms with Gasteiger partial charge >= 0.3 is 0 Å². The minimum absolute atomic E-state index is 0.0200. The fourth-order valence-corrected chi connectivity index (χ4v) is 4.18. The molecular weight excluding hydrogens is 464 g/mol. The molecule has 0 aromatic heterocycles. The van der Waals surface area contributed by atoms with Crippen LogP contribution < -0.4 is 19.1 Å². The first kappa shape index (κ1) is 24.2. The van der Waals surface area contributed by atoms with E-state index in [2.05, 4.69) is 0 Å². The maximum atomic E-state index is 13.1. The number of rotatable bonds is 9. The molecule has 0 unspecified atom stereocenters. The third-order valence-corrected chi connectivity index (χ3v) is 5.87. The van der Waals surface area contributed by atoms with Crippen molar-refractivity contribution in [1.29, 1.82) is 5.26 Å². The molecule has 3 aromatic carbocycles. The van der Waals surface area contributed by atoms with Gasteiger partial charge in [0.05, 0.1) is 25.3 Å². The molecule has 7 heteroatoms. The van der Waals surface area contributed by atoms with E-state index < -0.39 is 0 Å². The van der Waals surface area contributed by atoms with Crippen molar-refractivity contribution in [3.05, 3.63) is 88.5 Å². The second-order valence-corrected chi connectivity index (χ2v) is 8.31. The zero-order valence-corrected chi connectivity index (χ0v) is 20.1. The highest BCUT2D eigenvalue weighted by molar-refractivity contribution is 6.32. The van der Waals surface area contributed by atoms with Crippen LogP contribution in [0, 0.1) is 11.3 Å². The Labute approximate surface area is 209 Å². The number of carbonyl (C=O) groups excluding carboxylic acids is 1. The van der Waals surface area contributed by atoms with E-state index in [-0.39, 0.29) is 11.5 Å². The van der Waals surface area contributed by atoms with Gasteiger partial charge in [-0.15, -0.1) is 0 Å². The van der Waals surface area contributed by atoms with Crippen LogP contribution in [-0.2, 0) is 11.2 Å². The second-order valence-electron chi connectivity index (χ2n) is 7.90. The molecule has 0 saturated carbocycles. The maximum absolute atomic E-state index is 13.1. The van der Waals surface area contributed by atoms with Crippen LogP contribution in [0.3, 0.4) is 0 Å². The van der Waals surface area contributed by atoms with E-state index >= 15 is 0 Å². The van der Waals surface area contributed by atoms with Crippen LogP contribution >= 0.6 is 11.6 Å². The molecule has 0 fully saturated rings. The summed E-state index contributed by atoms with van der Waals surface area (Å²) in [6.07, 6.45) is 2.94. The lowest BCUT2D eigenvalue weighted by molar-refractivity contribution is -0.114. The predicted molar refractivity (Wildman–Crippen MR) is 136 cm³/mol. The number of carbonyl (C=O) groups is 1. The zero-order valence-electron chi connectivity index (χ0n) is 19.4. The van der Waals surface area contributed by atoms with Crippen LogP contribution in [0.4, 0.5) is 5.69 Å². The third-order valence-electron chi connectivity index (χ3n) is 5.59. The Balaban J connectivity index is 1.44. The van der Waals surface area contributed by atoms with Gasteiger partial charge in [0.15, 0.2) is 11.5 Å². The monoisotopic (exact) mass is 488 g/mol. The highest BCUT2D eigenvalue weighted by atomic mass is 35.5. The Morgan fingerprint density at radius 3 is 2.60 bits per heavy atom. The molecule has 35 heavy (non-hydrogen) atoms. The molecule has 0 radical (unpaired) electrons. The third kappa shape index (κ3) is 5.76. The molecule has 0 bridgehead atoms. The van der Waals surface area contributed by atoms with Gasteiger partial charge < -0.3 is 19.1 Å². The average Bonchev–Trinajstić information content (AvgIpc) is 3.32. The first-order valence-corrected chi connectivity index (χ1v) is 11.7. The van der Waals surface area contributed by atoms with Gasteiger partial charge in [0, 0.05) is 18.7 Å². The molecule has 6 nitrogen and oxygen atoms in total. The summed E-state index contributed by atoms with van der Waals surface area (Å²) in [6.45, 7) is 1.43. The fraction of sp³-hybridized carbons (Fsp3) is 0.214. The van der Waals surface area contributed by atoms with Gasteiger partial charge in [-0.1, -0.05) is 48.0 Å². The molecular formula is C28H25ClN2O4. The van der Waals surface area contributed by atoms with Crippen LogP contribution in [0.5, 0.6) is 17.2 Å². The van der Waals surface area contributed by atoms with Crippen molar-refractivity contribution in [1.82, 2.24) is 0 Å². The van der Waals surface area contributed by atoms with E-state index in [1.165, 1.54) is 13.2 Å². The smallest absolute Gasteiger partial charge is 0.268 e. The average molecular weight is 489 g/mol. The van der Waals surface area contributed by atoms with Gasteiger partial charge in [-0.05, 0) is 54.0 Å². The number of hydrogen-bond acceptors (Lipinski definition) is 5. The first-order valence-electron chi connectivity index (χ1n) is 11.3. The van der Waals surface area contributed by atoms with Crippen LogP contribution in [0.1, 0.15) is 17.5 Å². The van der Waals surface area contributed by atoms with Gasteiger partial charge in [-0.3, -0.25) is 4.79 Å². The Morgan fingerprint density at radius 1 is 1.09 bits per heavy atom. The van der Waals surface area contributed by atoms with E-state index in [0.29, 0.717) is 48.3 Å². The Kier molecular flexibility index (Phi) is 7.92. The number of ether oxygens (including phenoxy) is 3. The molecule has 0 aliphatic carbocycles. The first-order chi connectivity index (χ1) is 17.1. The van der Waals surface area contributed by atoms with Crippen molar-refractivity contribution in [2.75, 3.05) is 31.8 Å². The number of nitriles is 1. The lowest BCUT2D eigenvalue weighted by Crippen LogP contribution is -2.29. The van der Waals surface area contributed by atoms with Gasteiger partial charge in [0.25, 0.3) is 5.91 Å². The van der Waals surface area contributed by atoms with Crippen molar-refractivity contribution >= 4 is 29.3 Å². The van der Waals surface area contributed by atoms with Gasteiger partial charge in [0.2, 0.25) is 0 Å². The second kappa shape index (κ2) is 11.5. The number of para-hydroxylation sites is 2. The zero-order chi connectivity index (χ0) is 24.6. The SMILES string of the molecule is COc1cc(/C=C(\C#N)C(=O)N2CCc3ccccc32)cc(Cl)c1OCCCOc1ccccc1. The minimum atomic E-state index is -0.341. The van der Waals surface area contributed by atoms with Gasteiger partial charge in [-0.2, -0.15) is 5.26 Å². The number of nitrogens with zero attached hydrogens (tertiary/aromatic N) is 2. The minimum Gasteiger partial charge on any atom is -0.493 e. The van der Waals surface area contributed by atoms with Crippen molar-refractivity contribution < 1.29 is 19.0 Å². The molecule has 1 heterocycles. The van der Waals surface area contributed by atoms with Crippen molar-refractivity contribution in [2.45, 2.75) is 12.8 Å². The van der Waals surface area contributed by atoms with Gasteiger partial charge in [0.1, 0.15) is 17.4 Å². The van der Waals surface area contributed by atoms with Crippen molar-refractivity contribution in [3.63, 3.8) is 0 Å². The molecule has 4 rings (SSSR count). The molecule has 3 aromatic rings. The highest BCUT2D eigenvalue weighted by Crippen LogP contribution is 2.37. The maximum Gasteiger partial charge on any atom is 0.268 e. The van der Waals surface area contributed by atoms with E-state index in [1.807, 2.05) is 60.7 Å². The standard InChI is InChI=1S/C28H25ClN2O4/c1-33-26-18-20(16-22(19-30)28(32)31-13-12-21-8-5-6-11-25(21)31)17-24(29)27(26)35-15-7-14-34-23-9-3-2-4-10-23/h2-6,8-11,16-18H,7,12-15H2,1H3/b22-16+. The lowest BCUT2D eigenvalue weighted by Gasteiger charge is -2.17. The largest absolute Gasteiger partial charge is 0.493 e. The molecule has 178 valence electrons. The van der Waals surface area contributed by atoms with E-state index in [4.69, 9.17) is 25.8 Å². The summed E-state index contributed by atoms with van der Waals surface area (Å²) in [6, 6.07) is 22.7. The topological polar surface area (TPSA) is 71.8 Å². The van der Waals surface area contributed by atoms with E-state index in [0.717, 1.165) is 23.4 Å². The van der Waals surface area contributed by atoms with Gasteiger partial charge in [-0.25, -0.2) is 0 Å². The molecule has 1 aliphatic rings.